The molecule has 3 N–H and O–H groups in total. The Hall–Kier alpha value is -1.08. The maximum absolute atomic E-state index is 11.6. The van der Waals surface area contributed by atoms with E-state index in [0.717, 1.165) is 10.2 Å². The Morgan fingerprint density at radius 2 is 2.05 bits per heavy atom. The van der Waals surface area contributed by atoms with E-state index in [2.05, 4.69) is 15.9 Å². The van der Waals surface area contributed by atoms with Gasteiger partial charge in [0.1, 0.15) is 5.84 Å². The SMILES string of the molecule is N=C(N)c1cc(Br)ccc1N1CCCS(=O)(=O)CC1. The molecule has 19 heavy (non-hydrogen) atoms. The smallest absolute Gasteiger partial charge is 0.152 e. The minimum atomic E-state index is -2.94. The van der Waals surface area contributed by atoms with Gasteiger partial charge in [-0.05, 0) is 24.6 Å². The second kappa shape index (κ2) is 5.50. The van der Waals surface area contributed by atoms with Crippen molar-refractivity contribution < 1.29 is 8.42 Å². The van der Waals surface area contributed by atoms with Crippen LogP contribution in [0.25, 0.3) is 0 Å². The van der Waals surface area contributed by atoms with Gasteiger partial charge in [-0.2, -0.15) is 0 Å². The Kier molecular flexibility index (Phi) is 4.15. The average molecular weight is 346 g/mol. The molecule has 1 aliphatic heterocycles. The predicted octanol–water partition coefficient (Wildman–Crippen LogP) is 1.36. The van der Waals surface area contributed by atoms with Crippen molar-refractivity contribution in [2.24, 2.45) is 5.73 Å². The summed E-state index contributed by atoms with van der Waals surface area (Å²) in [6.07, 6.45) is 0.607. The number of nitrogens with one attached hydrogen (secondary N) is 1. The van der Waals surface area contributed by atoms with Crippen LogP contribution in [0.4, 0.5) is 5.69 Å². The Balaban J connectivity index is 2.34. The highest BCUT2D eigenvalue weighted by molar-refractivity contribution is 9.10. The summed E-state index contributed by atoms with van der Waals surface area (Å²) < 4.78 is 24.1. The molecule has 1 heterocycles. The number of sulfone groups is 1. The van der Waals surface area contributed by atoms with Gasteiger partial charge < -0.3 is 10.6 Å². The molecule has 2 rings (SSSR count). The summed E-state index contributed by atoms with van der Waals surface area (Å²) in [4.78, 5) is 1.99. The van der Waals surface area contributed by atoms with Crippen molar-refractivity contribution in [3.63, 3.8) is 0 Å². The number of rotatable bonds is 2. The quantitative estimate of drug-likeness (QED) is 0.625. The first kappa shape index (κ1) is 14.3. The third-order valence-electron chi connectivity index (χ3n) is 3.15. The lowest BCUT2D eigenvalue weighted by atomic mass is 10.1. The molecule has 1 saturated heterocycles. The molecule has 0 spiro atoms. The molecule has 1 aromatic rings. The Morgan fingerprint density at radius 1 is 1.32 bits per heavy atom. The van der Waals surface area contributed by atoms with Crippen LogP contribution in [0.2, 0.25) is 0 Å². The molecule has 1 aliphatic rings. The maximum atomic E-state index is 11.6. The van der Waals surface area contributed by atoms with E-state index in [0.29, 0.717) is 25.1 Å². The molecule has 7 heteroatoms. The third-order valence-corrected chi connectivity index (χ3v) is 5.35. The topological polar surface area (TPSA) is 87.2 Å². The summed E-state index contributed by atoms with van der Waals surface area (Å²) in [7, 11) is -2.94. The lowest BCUT2D eigenvalue weighted by molar-refractivity contribution is 0.597. The van der Waals surface area contributed by atoms with E-state index in [9.17, 15) is 8.42 Å². The number of hydrogen-bond acceptors (Lipinski definition) is 4. The predicted molar refractivity (Wildman–Crippen MR) is 80.6 cm³/mol. The van der Waals surface area contributed by atoms with E-state index in [1.54, 1.807) is 6.07 Å². The number of amidine groups is 1. The largest absolute Gasteiger partial charge is 0.384 e. The fraction of sp³-hybridized carbons (Fsp3) is 0.417. The zero-order valence-electron chi connectivity index (χ0n) is 10.4. The van der Waals surface area contributed by atoms with Crippen molar-refractivity contribution in [3.8, 4) is 0 Å². The van der Waals surface area contributed by atoms with Gasteiger partial charge >= 0.3 is 0 Å². The van der Waals surface area contributed by atoms with E-state index < -0.39 is 9.84 Å². The van der Waals surface area contributed by atoms with Gasteiger partial charge in [-0.25, -0.2) is 8.42 Å². The minimum Gasteiger partial charge on any atom is -0.384 e. The summed E-state index contributed by atoms with van der Waals surface area (Å²) in [6, 6.07) is 5.54. The van der Waals surface area contributed by atoms with Gasteiger partial charge in [-0.1, -0.05) is 15.9 Å². The van der Waals surface area contributed by atoms with Crippen molar-refractivity contribution in [2.45, 2.75) is 6.42 Å². The number of nitrogens with two attached hydrogens (primary N) is 1. The first-order chi connectivity index (χ1) is 8.89. The Morgan fingerprint density at radius 3 is 2.74 bits per heavy atom. The van der Waals surface area contributed by atoms with Gasteiger partial charge in [0.15, 0.2) is 9.84 Å². The van der Waals surface area contributed by atoms with Gasteiger partial charge in [0, 0.05) is 28.8 Å². The van der Waals surface area contributed by atoms with Crippen molar-refractivity contribution in [1.82, 2.24) is 0 Å². The number of nitrogens with zero attached hydrogens (tertiary/aromatic N) is 1. The molecule has 0 bridgehead atoms. The maximum Gasteiger partial charge on any atom is 0.152 e. The van der Waals surface area contributed by atoms with Gasteiger partial charge in [0.2, 0.25) is 0 Å². The van der Waals surface area contributed by atoms with Crippen molar-refractivity contribution in [2.75, 3.05) is 29.5 Å². The number of anilines is 1. The van der Waals surface area contributed by atoms with Crippen LogP contribution in [0.5, 0.6) is 0 Å². The van der Waals surface area contributed by atoms with Crippen molar-refractivity contribution >= 4 is 37.3 Å². The molecule has 0 aliphatic carbocycles. The normalized spacial score (nSPS) is 18.9. The molecule has 0 unspecified atom stereocenters. The Labute approximate surface area is 121 Å². The number of hydrogen-bond donors (Lipinski definition) is 2. The zero-order valence-corrected chi connectivity index (χ0v) is 12.8. The van der Waals surface area contributed by atoms with Crippen molar-refractivity contribution in [1.29, 1.82) is 5.41 Å². The summed E-state index contributed by atoms with van der Waals surface area (Å²) in [5, 5.41) is 7.64. The molecule has 5 nitrogen and oxygen atoms in total. The van der Waals surface area contributed by atoms with E-state index in [4.69, 9.17) is 11.1 Å². The summed E-state index contributed by atoms with van der Waals surface area (Å²) in [6.45, 7) is 1.12. The lowest BCUT2D eigenvalue weighted by Gasteiger charge is -2.24. The fourth-order valence-electron chi connectivity index (χ4n) is 2.18. The molecule has 0 aromatic heterocycles. The second-order valence-electron chi connectivity index (χ2n) is 4.57. The van der Waals surface area contributed by atoms with E-state index in [1.165, 1.54) is 0 Å². The average Bonchev–Trinajstić information content (AvgIpc) is 2.50. The summed E-state index contributed by atoms with van der Waals surface area (Å²) >= 11 is 3.36. The number of benzene rings is 1. The van der Waals surface area contributed by atoms with Gasteiger partial charge in [-0.15, -0.1) is 0 Å². The van der Waals surface area contributed by atoms with Crippen LogP contribution in [-0.4, -0.2) is 38.8 Å². The number of halogens is 1. The van der Waals surface area contributed by atoms with Crippen LogP contribution in [0.15, 0.2) is 22.7 Å². The first-order valence-corrected chi connectivity index (χ1v) is 8.60. The van der Waals surface area contributed by atoms with Crippen LogP contribution in [0.3, 0.4) is 0 Å². The fourth-order valence-corrected chi connectivity index (χ4v) is 3.81. The van der Waals surface area contributed by atoms with E-state index in [-0.39, 0.29) is 17.3 Å². The zero-order chi connectivity index (χ0) is 14.0. The molecule has 0 amide bonds. The van der Waals surface area contributed by atoms with E-state index in [1.807, 2.05) is 17.0 Å². The van der Waals surface area contributed by atoms with E-state index >= 15 is 0 Å². The van der Waals surface area contributed by atoms with Gasteiger partial charge in [0.25, 0.3) is 0 Å². The summed E-state index contributed by atoms with van der Waals surface area (Å²) in [5.41, 5.74) is 7.06. The Bertz CT molecular complexity index is 601. The molecule has 0 saturated carbocycles. The van der Waals surface area contributed by atoms with Gasteiger partial charge in [-0.3, -0.25) is 5.41 Å². The van der Waals surface area contributed by atoms with Crippen LogP contribution in [-0.2, 0) is 9.84 Å². The molecular formula is C12H16BrN3O2S. The van der Waals surface area contributed by atoms with Crippen molar-refractivity contribution in [3.05, 3.63) is 28.2 Å². The highest BCUT2D eigenvalue weighted by Crippen LogP contribution is 2.25. The van der Waals surface area contributed by atoms with Crippen LogP contribution < -0.4 is 10.6 Å². The number of nitrogen functional groups attached to an aromatic ring is 1. The molecule has 104 valence electrons. The monoisotopic (exact) mass is 345 g/mol. The molecule has 0 radical (unpaired) electrons. The van der Waals surface area contributed by atoms with Crippen LogP contribution in [0.1, 0.15) is 12.0 Å². The first-order valence-electron chi connectivity index (χ1n) is 5.98. The van der Waals surface area contributed by atoms with Crippen LogP contribution in [0, 0.1) is 5.41 Å². The molecule has 0 atom stereocenters. The molecule has 1 fully saturated rings. The standard InChI is InChI=1S/C12H16BrN3O2S/c13-9-2-3-11(10(8-9)12(14)15)16-4-1-6-19(17,18)7-5-16/h2-3,8H,1,4-7H2,(H3,14,15). The highest BCUT2D eigenvalue weighted by Gasteiger charge is 2.21. The third kappa shape index (κ3) is 3.48. The second-order valence-corrected chi connectivity index (χ2v) is 7.79. The van der Waals surface area contributed by atoms with Crippen LogP contribution >= 0.6 is 15.9 Å². The minimum absolute atomic E-state index is 0.0107. The summed E-state index contributed by atoms with van der Waals surface area (Å²) in [5.74, 6) is 0.374. The van der Waals surface area contributed by atoms with Gasteiger partial charge in [0.05, 0.1) is 11.5 Å². The highest BCUT2D eigenvalue weighted by atomic mass is 79.9. The molecular weight excluding hydrogens is 330 g/mol. The molecule has 1 aromatic carbocycles. The lowest BCUT2D eigenvalue weighted by Crippen LogP contribution is -2.29.